The summed E-state index contributed by atoms with van der Waals surface area (Å²) in [5.74, 6) is -0.245. The van der Waals surface area contributed by atoms with Crippen LogP contribution in [-0.2, 0) is 15.0 Å². The summed E-state index contributed by atoms with van der Waals surface area (Å²) in [6.07, 6.45) is 1.92. The van der Waals surface area contributed by atoms with Crippen LogP contribution in [0.2, 0.25) is 5.15 Å². The predicted octanol–water partition coefficient (Wildman–Crippen LogP) is 5.34. The number of amides is 1. The third-order valence-electron chi connectivity index (χ3n) is 6.60. The van der Waals surface area contributed by atoms with Crippen LogP contribution in [0, 0.1) is 5.41 Å². The number of halogens is 1. The minimum absolute atomic E-state index is 0.100. The zero-order valence-electron chi connectivity index (χ0n) is 21.4. The molecule has 1 aliphatic heterocycles. The summed E-state index contributed by atoms with van der Waals surface area (Å²) in [6, 6.07) is 9.66. The van der Waals surface area contributed by atoms with E-state index >= 15 is 0 Å². The number of nitrogens with zero attached hydrogens (tertiary/aromatic N) is 2. The monoisotopic (exact) mass is 501 g/mol. The van der Waals surface area contributed by atoms with Crippen molar-refractivity contribution in [1.82, 2.24) is 9.88 Å². The molecule has 3 rings (SSSR count). The normalized spacial score (nSPS) is 15.7. The van der Waals surface area contributed by atoms with Gasteiger partial charge in [0.2, 0.25) is 5.91 Å². The van der Waals surface area contributed by atoms with Crippen LogP contribution in [-0.4, -0.2) is 52.6 Å². The molecule has 0 saturated carbocycles. The van der Waals surface area contributed by atoms with E-state index in [4.69, 9.17) is 16.3 Å². The number of carboxylic acid groups (broad SMARTS) is 1. The highest BCUT2D eigenvalue weighted by molar-refractivity contribution is 6.29. The fourth-order valence-corrected chi connectivity index (χ4v) is 4.54. The lowest BCUT2D eigenvalue weighted by atomic mass is 9.69. The third-order valence-corrected chi connectivity index (χ3v) is 6.80. The molecule has 2 N–H and O–H groups in total. The van der Waals surface area contributed by atoms with Gasteiger partial charge in [-0.25, -0.2) is 4.98 Å². The molecule has 2 heterocycles. The minimum Gasteiger partial charge on any atom is -0.489 e. The van der Waals surface area contributed by atoms with E-state index in [9.17, 15) is 14.7 Å². The van der Waals surface area contributed by atoms with Crippen LogP contribution in [0.5, 0.6) is 5.75 Å². The van der Waals surface area contributed by atoms with Crippen molar-refractivity contribution in [3.63, 3.8) is 0 Å². The molecule has 1 fully saturated rings. The summed E-state index contributed by atoms with van der Waals surface area (Å²) < 4.78 is 5.87. The molecule has 0 bridgehead atoms. The van der Waals surface area contributed by atoms with Gasteiger partial charge in [0.1, 0.15) is 16.6 Å². The first-order valence-electron chi connectivity index (χ1n) is 12.0. The molecule has 0 aliphatic carbocycles. The van der Waals surface area contributed by atoms with E-state index in [2.05, 4.69) is 35.1 Å². The van der Waals surface area contributed by atoms with Crippen molar-refractivity contribution >= 4 is 29.2 Å². The number of carboxylic acids is 1. The summed E-state index contributed by atoms with van der Waals surface area (Å²) >= 11 is 6.08. The molecule has 1 aromatic carbocycles. The molecule has 0 spiro atoms. The first-order chi connectivity index (χ1) is 16.4. The molecule has 1 amide bonds. The second-order valence-corrected chi connectivity index (χ2v) is 11.0. The average molecular weight is 502 g/mol. The number of carbonyl (C=O) groups is 2. The van der Waals surface area contributed by atoms with Crippen molar-refractivity contribution in [1.29, 1.82) is 0 Å². The number of hydrogen-bond donors (Lipinski definition) is 2. The van der Waals surface area contributed by atoms with Gasteiger partial charge in [0.05, 0.1) is 23.1 Å². The molecule has 190 valence electrons. The van der Waals surface area contributed by atoms with E-state index < -0.39 is 16.8 Å². The maximum atomic E-state index is 13.9. The summed E-state index contributed by atoms with van der Waals surface area (Å²) in [7, 11) is 0. The number of pyridine rings is 1. The van der Waals surface area contributed by atoms with Crippen LogP contribution in [0.1, 0.15) is 65.0 Å². The van der Waals surface area contributed by atoms with Crippen molar-refractivity contribution in [3.05, 3.63) is 52.8 Å². The van der Waals surface area contributed by atoms with Gasteiger partial charge in [0.25, 0.3) is 0 Å². The molecule has 0 atom stereocenters. The predicted molar refractivity (Wildman–Crippen MR) is 138 cm³/mol. The standard InChI is InChI=1S/C27H36ClN3O4/c1-17(2)19-9-7-8-10-20(19)27(15-31(16-27)12-11-26(5,6)25(33)34)24(32)30-21-14-29-23(28)13-22(21)35-18(3)4/h7-10,13-14,17-18H,11-12,15-16H2,1-6H3,(H,30,32)(H,33,34). The average Bonchev–Trinajstić information content (AvgIpc) is 2.74. The SMILES string of the molecule is CC(C)Oc1cc(Cl)ncc1NC(=O)C1(c2ccccc2C(C)C)CN(CCC(C)(C)C(=O)O)C1. The van der Waals surface area contributed by atoms with Gasteiger partial charge < -0.3 is 20.1 Å². The van der Waals surface area contributed by atoms with Gasteiger partial charge in [-0.2, -0.15) is 0 Å². The van der Waals surface area contributed by atoms with Crippen molar-refractivity contribution in [2.75, 3.05) is 25.0 Å². The lowest BCUT2D eigenvalue weighted by Gasteiger charge is -2.50. The fraction of sp³-hybridized carbons (Fsp3) is 0.519. The van der Waals surface area contributed by atoms with Crippen LogP contribution in [0.15, 0.2) is 36.5 Å². The van der Waals surface area contributed by atoms with Crippen LogP contribution in [0.3, 0.4) is 0 Å². The maximum absolute atomic E-state index is 13.9. The van der Waals surface area contributed by atoms with Crippen molar-refractivity contribution < 1.29 is 19.4 Å². The smallest absolute Gasteiger partial charge is 0.309 e. The van der Waals surface area contributed by atoms with E-state index in [1.165, 1.54) is 6.20 Å². The molecule has 1 aromatic heterocycles. The van der Waals surface area contributed by atoms with Crippen LogP contribution in [0.25, 0.3) is 0 Å². The number of rotatable bonds is 10. The van der Waals surface area contributed by atoms with Crippen molar-refractivity contribution in [2.24, 2.45) is 5.41 Å². The Morgan fingerprint density at radius 3 is 2.49 bits per heavy atom. The second-order valence-electron chi connectivity index (χ2n) is 10.6. The number of hydrogen-bond acceptors (Lipinski definition) is 5. The Bertz CT molecular complexity index is 1080. The molecule has 35 heavy (non-hydrogen) atoms. The quantitative estimate of drug-likeness (QED) is 0.427. The Labute approximate surface area is 212 Å². The third kappa shape index (κ3) is 5.96. The molecule has 1 saturated heterocycles. The highest BCUT2D eigenvalue weighted by Crippen LogP contribution is 2.41. The highest BCUT2D eigenvalue weighted by atomic mass is 35.5. The number of likely N-dealkylation sites (tertiary alicyclic amines) is 1. The van der Waals surface area contributed by atoms with Gasteiger partial charge in [-0.15, -0.1) is 0 Å². The number of carbonyl (C=O) groups excluding carboxylic acids is 1. The number of benzene rings is 1. The Morgan fingerprint density at radius 2 is 1.89 bits per heavy atom. The van der Waals surface area contributed by atoms with Crippen LogP contribution >= 0.6 is 11.6 Å². The Morgan fingerprint density at radius 1 is 1.23 bits per heavy atom. The second kappa shape index (κ2) is 10.5. The maximum Gasteiger partial charge on any atom is 0.309 e. The summed E-state index contributed by atoms with van der Waals surface area (Å²) in [6.45, 7) is 13.1. The molecule has 8 heteroatoms. The van der Waals surface area contributed by atoms with E-state index in [-0.39, 0.29) is 23.1 Å². The number of aromatic nitrogens is 1. The Kier molecular flexibility index (Phi) is 8.12. The zero-order chi connectivity index (χ0) is 26.0. The molecule has 0 unspecified atom stereocenters. The number of anilines is 1. The van der Waals surface area contributed by atoms with Crippen LogP contribution < -0.4 is 10.1 Å². The summed E-state index contributed by atoms with van der Waals surface area (Å²) in [5.41, 5.74) is 0.993. The van der Waals surface area contributed by atoms with Crippen molar-refractivity contribution in [2.45, 2.75) is 65.4 Å². The molecule has 1 aliphatic rings. The van der Waals surface area contributed by atoms with Gasteiger partial charge in [0, 0.05) is 19.2 Å². The Balaban J connectivity index is 1.91. The van der Waals surface area contributed by atoms with Crippen molar-refractivity contribution in [3.8, 4) is 5.75 Å². The van der Waals surface area contributed by atoms with Crippen LogP contribution in [0.4, 0.5) is 5.69 Å². The van der Waals surface area contributed by atoms with E-state index in [1.807, 2.05) is 32.0 Å². The van der Waals surface area contributed by atoms with Gasteiger partial charge in [0.15, 0.2) is 0 Å². The van der Waals surface area contributed by atoms with Gasteiger partial charge in [-0.3, -0.25) is 9.59 Å². The number of aliphatic carboxylic acids is 1. The molecule has 2 aromatic rings. The molecular weight excluding hydrogens is 466 g/mol. The minimum atomic E-state index is -0.825. The first-order valence-corrected chi connectivity index (χ1v) is 12.4. The fourth-order valence-electron chi connectivity index (χ4n) is 4.39. The van der Waals surface area contributed by atoms with E-state index in [0.29, 0.717) is 37.5 Å². The Hall–Kier alpha value is -2.64. The summed E-state index contributed by atoms with van der Waals surface area (Å²) in [5, 5.41) is 12.8. The molecule has 7 nitrogen and oxygen atoms in total. The van der Waals surface area contributed by atoms with Gasteiger partial charge >= 0.3 is 5.97 Å². The largest absolute Gasteiger partial charge is 0.489 e. The lowest BCUT2D eigenvalue weighted by Crippen LogP contribution is -2.65. The van der Waals surface area contributed by atoms with Gasteiger partial charge in [-0.05, 0) is 57.7 Å². The number of ether oxygens (including phenoxy) is 1. The number of nitrogens with one attached hydrogen (secondary N) is 1. The highest BCUT2D eigenvalue weighted by Gasteiger charge is 2.52. The first kappa shape index (κ1) is 27.0. The molecular formula is C27H36ClN3O4. The van der Waals surface area contributed by atoms with Gasteiger partial charge in [-0.1, -0.05) is 49.7 Å². The lowest BCUT2D eigenvalue weighted by molar-refractivity contribution is -0.148. The molecule has 0 radical (unpaired) electrons. The summed E-state index contributed by atoms with van der Waals surface area (Å²) in [4.78, 5) is 31.7. The van der Waals surface area contributed by atoms with E-state index in [0.717, 1.165) is 11.1 Å². The topological polar surface area (TPSA) is 91.8 Å². The zero-order valence-corrected chi connectivity index (χ0v) is 22.1. The van der Waals surface area contributed by atoms with E-state index in [1.54, 1.807) is 19.9 Å².